The van der Waals surface area contributed by atoms with Gasteiger partial charge in [-0.15, -0.1) is 0 Å². The van der Waals surface area contributed by atoms with Gasteiger partial charge in [-0.1, -0.05) is 46.3 Å². The molecule has 180 valence electrons. The van der Waals surface area contributed by atoms with Crippen LogP contribution in [0, 0.1) is 6.92 Å². The number of para-hydroxylation sites is 1. The summed E-state index contributed by atoms with van der Waals surface area (Å²) in [7, 11) is -3.56. The van der Waals surface area contributed by atoms with E-state index in [-0.39, 0.29) is 17.0 Å². The summed E-state index contributed by atoms with van der Waals surface area (Å²) in [6, 6.07) is 16.0. The first kappa shape index (κ1) is 24.6. The topological polar surface area (TPSA) is 103 Å². The van der Waals surface area contributed by atoms with Crippen molar-refractivity contribution in [2.75, 3.05) is 31.5 Å². The van der Waals surface area contributed by atoms with Crippen molar-refractivity contribution < 1.29 is 13.2 Å². The van der Waals surface area contributed by atoms with Gasteiger partial charge in [0, 0.05) is 42.1 Å². The van der Waals surface area contributed by atoms with Crippen molar-refractivity contribution in [3.05, 3.63) is 65.9 Å². The third-order valence-electron chi connectivity index (χ3n) is 5.79. The second kappa shape index (κ2) is 10.8. The van der Waals surface area contributed by atoms with Gasteiger partial charge >= 0.3 is 6.03 Å². The largest absolute Gasteiger partial charge is 0.337 e. The summed E-state index contributed by atoms with van der Waals surface area (Å²) in [5.41, 5.74) is 3.41. The van der Waals surface area contributed by atoms with E-state index >= 15 is 0 Å². The van der Waals surface area contributed by atoms with Gasteiger partial charge in [0.05, 0.1) is 16.1 Å². The Bertz CT molecular complexity index is 1270. The van der Waals surface area contributed by atoms with E-state index in [9.17, 15) is 13.2 Å². The van der Waals surface area contributed by atoms with Gasteiger partial charge in [0.25, 0.3) is 0 Å². The number of amides is 2. The number of sulfonamides is 1. The fourth-order valence-corrected chi connectivity index (χ4v) is 5.72. The predicted molar refractivity (Wildman–Crippen MR) is 138 cm³/mol. The summed E-state index contributed by atoms with van der Waals surface area (Å²) in [6.45, 7) is 4.37. The lowest BCUT2D eigenvalue weighted by atomic mass is 10.1. The maximum atomic E-state index is 12.7. The average molecular weight is 546 g/mol. The number of pyridine rings is 1. The SMILES string of the molecule is Cc1cc(NC(=O)NCCN2CCC(NS(=O)(=O)c3ccc(CBr)cc3)C2)c2ccccc2n1. The van der Waals surface area contributed by atoms with Crippen molar-refractivity contribution in [2.45, 2.75) is 29.6 Å². The Morgan fingerprint density at radius 3 is 2.71 bits per heavy atom. The Labute approximate surface area is 208 Å². The van der Waals surface area contributed by atoms with Crippen LogP contribution in [0.5, 0.6) is 0 Å². The Kier molecular flexibility index (Phi) is 7.82. The summed E-state index contributed by atoms with van der Waals surface area (Å²) in [5, 5.41) is 7.37. The standard InChI is InChI=1S/C24H28BrN5O3S/c1-17-14-23(21-4-2-3-5-22(21)27-17)28-24(31)26-11-13-30-12-10-19(16-30)29-34(32,33)20-8-6-18(15-25)7-9-20/h2-9,14,19,29H,10-13,15-16H2,1H3,(H2,26,27,28,31). The number of carbonyl (C=O) groups is 1. The van der Waals surface area contributed by atoms with E-state index in [1.54, 1.807) is 24.3 Å². The van der Waals surface area contributed by atoms with Crippen LogP contribution in [0.2, 0.25) is 0 Å². The number of alkyl halides is 1. The van der Waals surface area contributed by atoms with Crippen LogP contribution in [0.3, 0.4) is 0 Å². The summed E-state index contributed by atoms with van der Waals surface area (Å²) in [4.78, 5) is 19.3. The number of aryl methyl sites for hydroxylation is 1. The molecule has 1 saturated heterocycles. The summed E-state index contributed by atoms with van der Waals surface area (Å²) < 4.78 is 28.2. The number of benzene rings is 2. The van der Waals surface area contributed by atoms with E-state index in [4.69, 9.17) is 0 Å². The number of hydrogen-bond acceptors (Lipinski definition) is 5. The molecule has 1 aliphatic heterocycles. The van der Waals surface area contributed by atoms with Gasteiger partial charge in [0.1, 0.15) is 0 Å². The Hall–Kier alpha value is -2.53. The van der Waals surface area contributed by atoms with Gasteiger partial charge in [-0.3, -0.25) is 9.88 Å². The molecule has 10 heteroatoms. The Morgan fingerprint density at radius 2 is 1.94 bits per heavy atom. The van der Waals surface area contributed by atoms with Crippen LogP contribution in [-0.2, 0) is 15.4 Å². The van der Waals surface area contributed by atoms with E-state index in [0.717, 1.165) is 40.8 Å². The third-order valence-corrected chi connectivity index (χ3v) is 7.97. The molecule has 8 nitrogen and oxygen atoms in total. The van der Waals surface area contributed by atoms with Crippen LogP contribution >= 0.6 is 15.9 Å². The summed E-state index contributed by atoms with van der Waals surface area (Å²) in [6.07, 6.45) is 0.729. The van der Waals surface area contributed by atoms with Crippen molar-refractivity contribution in [1.29, 1.82) is 0 Å². The molecule has 1 atom stereocenters. The number of aromatic nitrogens is 1. The number of nitrogens with zero attached hydrogens (tertiary/aromatic N) is 2. The second-order valence-corrected chi connectivity index (χ2v) is 10.7. The molecular formula is C24H28BrN5O3S. The van der Waals surface area contributed by atoms with Crippen LogP contribution in [0.15, 0.2) is 59.5 Å². The van der Waals surface area contributed by atoms with Crippen molar-refractivity contribution in [1.82, 2.24) is 19.9 Å². The zero-order valence-electron chi connectivity index (χ0n) is 18.9. The van der Waals surface area contributed by atoms with Gasteiger partial charge in [-0.25, -0.2) is 17.9 Å². The van der Waals surface area contributed by atoms with Gasteiger partial charge in [-0.2, -0.15) is 0 Å². The Balaban J connectivity index is 1.24. The van der Waals surface area contributed by atoms with Crippen molar-refractivity contribution in [3.8, 4) is 0 Å². The predicted octanol–water partition coefficient (Wildman–Crippen LogP) is 3.61. The number of nitrogens with one attached hydrogen (secondary N) is 3. The molecule has 1 fully saturated rings. The molecule has 2 heterocycles. The van der Waals surface area contributed by atoms with Gasteiger partial charge < -0.3 is 10.6 Å². The molecule has 2 amide bonds. The first-order chi connectivity index (χ1) is 16.3. The fraction of sp³-hybridized carbons (Fsp3) is 0.333. The number of halogens is 1. The highest BCUT2D eigenvalue weighted by atomic mass is 79.9. The zero-order valence-corrected chi connectivity index (χ0v) is 21.3. The van der Waals surface area contributed by atoms with Crippen LogP contribution in [0.1, 0.15) is 17.7 Å². The average Bonchev–Trinajstić information content (AvgIpc) is 3.25. The molecule has 1 unspecified atom stereocenters. The number of anilines is 1. The molecule has 0 saturated carbocycles. The smallest absolute Gasteiger partial charge is 0.319 e. The van der Waals surface area contributed by atoms with E-state index in [0.29, 0.717) is 25.0 Å². The lowest BCUT2D eigenvalue weighted by Crippen LogP contribution is -2.39. The van der Waals surface area contributed by atoms with Gasteiger partial charge in [0.2, 0.25) is 10.0 Å². The van der Waals surface area contributed by atoms with Crippen LogP contribution < -0.4 is 15.4 Å². The monoisotopic (exact) mass is 545 g/mol. The van der Waals surface area contributed by atoms with E-state index in [1.807, 2.05) is 37.3 Å². The molecular weight excluding hydrogens is 518 g/mol. The highest BCUT2D eigenvalue weighted by molar-refractivity contribution is 9.08. The minimum atomic E-state index is -3.56. The molecule has 34 heavy (non-hydrogen) atoms. The van der Waals surface area contributed by atoms with Crippen molar-refractivity contribution >= 4 is 48.6 Å². The molecule has 0 bridgehead atoms. The highest BCUT2D eigenvalue weighted by Gasteiger charge is 2.27. The molecule has 0 spiro atoms. The number of rotatable bonds is 8. The lowest BCUT2D eigenvalue weighted by molar-refractivity contribution is 0.249. The number of likely N-dealkylation sites (tertiary alicyclic amines) is 1. The quantitative estimate of drug-likeness (QED) is 0.375. The first-order valence-corrected chi connectivity index (χ1v) is 13.8. The van der Waals surface area contributed by atoms with Crippen molar-refractivity contribution in [2.24, 2.45) is 0 Å². The van der Waals surface area contributed by atoms with Crippen LogP contribution in [-0.4, -0.2) is 56.6 Å². The lowest BCUT2D eigenvalue weighted by Gasteiger charge is -2.17. The summed E-state index contributed by atoms with van der Waals surface area (Å²) >= 11 is 3.36. The molecule has 3 N–H and O–H groups in total. The number of carbonyl (C=O) groups excluding carboxylic acids is 1. The molecule has 3 aromatic rings. The highest BCUT2D eigenvalue weighted by Crippen LogP contribution is 2.22. The third kappa shape index (κ3) is 6.12. The van der Waals surface area contributed by atoms with Crippen molar-refractivity contribution in [3.63, 3.8) is 0 Å². The number of fused-ring (bicyclic) bond motifs is 1. The molecule has 1 aliphatic rings. The van der Waals surface area contributed by atoms with E-state index < -0.39 is 10.0 Å². The fourth-order valence-electron chi connectivity index (χ4n) is 4.08. The zero-order chi connectivity index (χ0) is 24.1. The second-order valence-electron chi connectivity index (χ2n) is 8.39. The molecule has 1 aromatic heterocycles. The minimum Gasteiger partial charge on any atom is -0.337 e. The minimum absolute atomic E-state index is 0.152. The molecule has 0 aliphatic carbocycles. The maximum absolute atomic E-state index is 12.7. The summed E-state index contributed by atoms with van der Waals surface area (Å²) in [5.74, 6) is 0. The number of hydrogen-bond donors (Lipinski definition) is 3. The molecule has 2 aromatic carbocycles. The Morgan fingerprint density at radius 1 is 1.18 bits per heavy atom. The van der Waals surface area contributed by atoms with E-state index in [2.05, 4.69) is 41.2 Å². The number of urea groups is 1. The maximum Gasteiger partial charge on any atom is 0.319 e. The van der Waals surface area contributed by atoms with Gasteiger partial charge in [0.15, 0.2) is 0 Å². The van der Waals surface area contributed by atoms with Gasteiger partial charge in [-0.05, 0) is 49.7 Å². The van der Waals surface area contributed by atoms with Crippen LogP contribution in [0.25, 0.3) is 10.9 Å². The van der Waals surface area contributed by atoms with Crippen LogP contribution in [0.4, 0.5) is 10.5 Å². The van der Waals surface area contributed by atoms with E-state index in [1.165, 1.54) is 0 Å². The molecule has 4 rings (SSSR count). The normalized spacial score (nSPS) is 16.6. The first-order valence-electron chi connectivity index (χ1n) is 11.1. The molecule has 0 radical (unpaired) electrons.